The van der Waals surface area contributed by atoms with E-state index in [-0.39, 0.29) is 5.13 Å². The molecule has 0 saturated heterocycles. The molecule has 3 N–H and O–H groups in total. The third kappa shape index (κ3) is 1.91. The van der Waals surface area contributed by atoms with Gasteiger partial charge in [0.25, 0.3) is 0 Å². The molecular weight excluding hydrogens is 252 g/mol. The van der Waals surface area contributed by atoms with Crippen LogP contribution in [0, 0.1) is 0 Å². The predicted octanol–water partition coefficient (Wildman–Crippen LogP) is 2.78. The second kappa shape index (κ2) is 4.11. The lowest BCUT2D eigenvalue weighted by Gasteiger charge is -1.95. The van der Waals surface area contributed by atoms with Crippen LogP contribution in [0.25, 0.3) is 22.3 Å². The maximum absolute atomic E-state index is 10.5. The molecule has 0 saturated carbocycles. The number of hydrogen-bond acceptors (Lipinski definition) is 4. The molecule has 0 bridgehead atoms. The summed E-state index contributed by atoms with van der Waals surface area (Å²) in [5, 5.41) is 12.1. The fraction of sp³-hybridized carbons (Fsp3) is 0. The summed E-state index contributed by atoms with van der Waals surface area (Å²) in [6.45, 7) is 0. The number of amides is 1. The van der Waals surface area contributed by atoms with Gasteiger partial charge in [-0.25, -0.2) is 4.79 Å². The number of aromatic nitrogens is 3. The average Bonchev–Trinajstić information content (AvgIpc) is 2.95. The molecule has 0 aliphatic rings. The molecule has 2 heterocycles. The molecule has 90 valence electrons. The minimum Gasteiger partial charge on any atom is -0.465 e. The fourth-order valence-corrected chi connectivity index (χ4v) is 2.25. The van der Waals surface area contributed by atoms with Gasteiger partial charge in [-0.3, -0.25) is 5.32 Å². The Kier molecular flexibility index (Phi) is 2.45. The lowest BCUT2D eigenvalue weighted by Crippen LogP contribution is -2.06. The summed E-state index contributed by atoms with van der Waals surface area (Å²) in [4.78, 5) is 17.7. The number of carbonyl (C=O) groups is 1. The van der Waals surface area contributed by atoms with Gasteiger partial charge in [0.1, 0.15) is 0 Å². The highest BCUT2D eigenvalue weighted by atomic mass is 32.1. The Morgan fingerprint density at radius 3 is 3.11 bits per heavy atom. The molecule has 0 unspecified atom stereocenters. The molecule has 18 heavy (non-hydrogen) atoms. The Balaban J connectivity index is 1.97. The number of benzene rings is 1. The third-order valence-electron chi connectivity index (χ3n) is 2.45. The molecule has 0 aliphatic carbocycles. The van der Waals surface area contributed by atoms with Gasteiger partial charge >= 0.3 is 6.09 Å². The van der Waals surface area contributed by atoms with Crippen molar-refractivity contribution in [3.05, 3.63) is 30.5 Å². The van der Waals surface area contributed by atoms with E-state index in [4.69, 9.17) is 5.11 Å². The monoisotopic (exact) mass is 260 g/mol. The van der Waals surface area contributed by atoms with Crippen LogP contribution in [-0.4, -0.2) is 25.5 Å². The zero-order valence-corrected chi connectivity index (χ0v) is 9.86. The van der Waals surface area contributed by atoms with Crippen molar-refractivity contribution in [2.45, 2.75) is 0 Å². The van der Waals surface area contributed by atoms with Crippen LogP contribution in [0.4, 0.5) is 9.93 Å². The van der Waals surface area contributed by atoms with Gasteiger partial charge in [0, 0.05) is 34.2 Å². The number of aromatic amines is 1. The first-order chi connectivity index (χ1) is 8.72. The predicted molar refractivity (Wildman–Crippen MR) is 68.8 cm³/mol. The normalized spacial score (nSPS) is 10.7. The third-order valence-corrected chi connectivity index (χ3v) is 3.08. The fourth-order valence-electron chi connectivity index (χ4n) is 1.68. The summed E-state index contributed by atoms with van der Waals surface area (Å²) in [6.07, 6.45) is 0.721. The Morgan fingerprint density at radius 1 is 1.39 bits per heavy atom. The van der Waals surface area contributed by atoms with Gasteiger partial charge in [-0.2, -0.15) is 9.36 Å². The summed E-state index contributed by atoms with van der Waals surface area (Å²) < 4.78 is 4.13. The van der Waals surface area contributed by atoms with E-state index in [1.54, 1.807) is 0 Å². The number of hydrogen-bond donors (Lipinski definition) is 3. The Bertz CT molecular complexity index is 718. The number of nitrogens with zero attached hydrogens (tertiary/aromatic N) is 2. The van der Waals surface area contributed by atoms with E-state index < -0.39 is 6.09 Å². The number of rotatable bonds is 2. The largest absolute Gasteiger partial charge is 0.465 e. The van der Waals surface area contributed by atoms with Crippen molar-refractivity contribution in [3.8, 4) is 11.4 Å². The maximum atomic E-state index is 10.5. The number of H-pyrrole nitrogens is 1. The summed E-state index contributed by atoms with van der Waals surface area (Å²) in [6, 6.07) is 7.75. The molecule has 0 fully saturated rings. The van der Waals surface area contributed by atoms with Crippen LogP contribution >= 0.6 is 11.5 Å². The summed E-state index contributed by atoms with van der Waals surface area (Å²) in [5.41, 5.74) is 1.90. The van der Waals surface area contributed by atoms with Crippen molar-refractivity contribution < 1.29 is 9.90 Å². The van der Waals surface area contributed by atoms with Gasteiger partial charge < -0.3 is 10.1 Å². The Hall–Kier alpha value is -2.41. The molecule has 0 spiro atoms. The van der Waals surface area contributed by atoms with Crippen molar-refractivity contribution in [1.29, 1.82) is 0 Å². The molecule has 3 rings (SSSR count). The highest BCUT2D eigenvalue weighted by Crippen LogP contribution is 2.24. The highest BCUT2D eigenvalue weighted by molar-refractivity contribution is 7.10. The molecule has 0 radical (unpaired) electrons. The minimum absolute atomic E-state index is 0.270. The molecule has 1 aromatic carbocycles. The Labute approximate surface area is 105 Å². The minimum atomic E-state index is -1.14. The van der Waals surface area contributed by atoms with Gasteiger partial charge in [0.2, 0.25) is 5.13 Å². The second-order valence-electron chi connectivity index (χ2n) is 3.63. The topological polar surface area (TPSA) is 90.9 Å². The van der Waals surface area contributed by atoms with Crippen molar-refractivity contribution in [3.63, 3.8) is 0 Å². The average molecular weight is 260 g/mol. The van der Waals surface area contributed by atoms with Crippen LogP contribution < -0.4 is 5.32 Å². The number of carboxylic acid groups (broad SMARTS) is 1. The zero-order chi connectivity index (χ0) is 12.5. The van der Waals surface area contributed by atoms with Gasteiger partial charge in [0.15, 0.2) is 5.82 Å². The maximum Gasteiger partial charge on any atom is 0.411 e. The van der Waals surface area contributed by atoms with Gasteiger partial charge in [-0.05, 0) is 24.3 Å². The molecule has 7 heteroatoms. The summed E-state index contributed by atoms with van der Waals surface area (Å²) >= 11 is 1.02. The molecule has 1 amide bonds. The molecule has 6 nitrogen and oxygen atoms in total. The molecular formula is C11H8N4O2S. The van der Waals surface area contributed by atoms with Crippen molar-refractivity contribution in [2.24, 2.45) is 0 Å². The van der Waals surface area contributed by atoms with Crippen molar-refractivity contribution in [2.75, 3.05) is 5.32 Å². The van der Waals surface area contributed by atoms with Crippen LogP contribution in [0.15, 0.2) is 30.5 Å². The van der Waals surface area contributed by atoms with E-state index in [1.165, 1.54) is 0 Å². The van der Waals surface area contributed by atoms with E-state index in [0.29, 0.717) is 5.82 Å². The van der Waals surface area contributed by atoms with E-state index in [1.807, 2.05) is 30.5 Å². The lowest BCUT2D eigenvalue weighted by molar-refractivity contribution is 0.209. The second-order valence-corrected chi connectivity index (χ2v) is 4.38. The van der Waals surface area contributed by atoms with Crippen LogP contribution in [0.2, 0.25) is 0 Å². The van der Waals surface area contributed by atoms with Crippen LogP contribution in [0.5, 0.6) is 0 Å². The van der Waals surface area contributed by atoms with E-state index >= 15 is 0 Å². The van der Waals surface area contributed by atoms with E-state index in [9.17, 15) is 4.79 Å². The highest BCUT2D eigenvalue weighted by Gasteiger charge is 2.09. The zero-order valence-electron chi connectivity index (χ0n) is 9.04. The summed E-state index contributed by atoms with van der Waals surface area (Å²) in [5.74, 6) is 0.520. The molecule has 2 aromatic heterocycles. The van der Waals surface area contributed by atoms with Crippen LogP contribution in [-0.2, 0) is 0 Å². The lowest BCUT2D eigenvalue weighted by atomic mass is 10.1. The van der Waals surface area contributed by atoms with E-state index in [0.717, 1.165) is 28.0 Å². The standard InChI is InChI=1S/C11H8N4O2S/c16-11(17)14-10-13-9(15-18-10)7-1-2-8-6(5-7)3-4-12-8/h1-5,12H,(H,16,17)(H,13,14,15). The first-order valence-electron chi connectivity index (χ1n) is 5.13. The molecule has 3 aromatic rings. The van der Waals surface area contributed by atoms with E-state index in [2.05, 4.69) is 19.7 Å². The molecule has 0 atom stereocenters. The quantitative estimate of drug-likeness (QED) is 0.660. The smallest absolute Gasteiger partial charge is 0.411 e. The number of fused-ring (bicyclic) bond motifs is 1. The summed E-state index contributed by atoms with van der Waals surface area (Å²) in [7, 11) is 0. The van der Waals surface area contributed by atoms with Crippen LogP contribution in [0.1, 0.15) is 0 Å². The van der Waals surface area contributed by atoms with Crippen molar-refractivity contribution in [1.82, 2.24) is 14.3 Å². The Morgan fingerprint density at radius 2 is 2.28 bits per heavy atom. The SMILES string of the molecule is O=C(O)Nc1nc(-c2ccc3[nH]ccc3c2)ns1. The van der Waals surface area contributed by atoms with Gasteiger partial charge in [-0.1, -0.05) is 0 Å². The number of anilines is 1. The van der Waals surface area contributed by atoms with Crippen LogP contribution in [0.3, 0.4) is 0 Å². The molecule has 0 aliphatic heterocycles. The van der Waals surface area contributed by atoms with Crippen molar-refractivity contribution >= 4 is 33.7 Å². The van der Waals surface area contributed by atoms with Gasteiger partial charge in [0.05, 0.1) is 0 Å². The number of nitrogens with one attached hydrogen (secondary N) is 2. The van der Waals surface area contributed by atoms with Gasteiger partial charge in [-0.15, -0.1) is 0 Å². The first-order valence-corrected chi connectivity index (χ1v) is 5.91. The first kappa shape index (κ1) is 10.7.